The summed E-state index contributed by atoms with van der Waals surface area (Å²) in [7, 11) is 0. The zero-order chi connectivity index (χ0) is 31.8. The number of aliphatic hydroxyl groups is 1. The van der Waals surface area contributed by atoms with Crippen LogP contribution >= 0.6 is 0 Å². The lowest BCUT2D eigenvalue weighted by Gasteiger charge is -2.38. The SMILES string of the molecule is O=C([C@H](OCc1ccccc1)[C@@H](OCc1ccccc1)[C@H](OCc1ccccc1)[C@H](O)COCc1ccccc1)N1CCOCC1. The minimum absolute atomic E-state index is 0.0311. The first-order valence-corrected chi connectivity index (χ1v) is 15.8. The molecule has 0 spiro atoms. The highest BCUT2D eigenvalue weighted by molar-refractivity contribution is 5.82. The molecule has 1 heterocycles. The van der Waals surface area contributed by atoms with Crippen molar-refractivity contribution < 1.29 is 33.6 Å². The van der Waals surface area contributed by atoms with Crippen LogP contribution in [0.5, 0.6) is 0 Å². The highest BCUT2D eigenvalue weighted by Crippen LogP contribution is 2.23. The van der Waals surface area contributed by atoms with Gasteiger partial charge in [-0.1, -0.05) is 121 Å². The van der Waals surface area contributed by atoms with Crippen molar-refractivity contribution in [3.63, 3.8) is 0 Å². The van der Waals surface area contributed by atoms with Crippen LogP contribution in [0.1, 0.15) is 22.3 Å². The van der Waals surface area contributed by atoms with Crippen molar-refractivity contribution in [1.29, 1.82) is 0 Å². The number of nitrogens with zero attached hydrogens (tertiary/aromatic N) is 1. The molecule has 5 rings (SSSR count). The molecule has 0 aromatic heterocycles. The monoisotopic (exact) mass is 625 g/mol. The van der Waals surface area contributed by atoms with Gasteiger partial charge in [0.15, 0.2) is 6.10 Å². The Bertz CT molecular complexity index is 1400. The summed E-state index contributed by atoms with van der Waals surface area (Å²) < 4.78 is 31.0. The van der Waals surface area contributed by atoms with Crippen LogP contribution < -0.4 is 0 Å². The average Bonchev–Trinajstić information content (AvgIpc) is 3.12. The van der Waals surface area contributed by atoms with E-state index in [1.807, 2.05) is 121 Å². The Morgan fingerprint density at radius 3 is 1.50 bits per heavy atom. The lowest BCUT2D eigenvalue weighted by atomic mass is 10.0. The average molecular weight is 626 g/mol. The minimum Gasteiger partial charge on any atom is -0.388 e. The summed E-state index contributed by atoms with van der Waals surface area (Å²) >= 11 is 0. The van der Waals surface area contributed by atoms with Gasteiger partial charge in [0.25, 0.3) is 5.91 Å². The predicted molar refractivity (Wildman–Crippen MR) is 175 cm³/mol. The van der Waals surface area contributed by atoms with Crippen molar-refractivity contribution in [2.45, 2.75) is 50.8 Å². The van der Waals surface area contributed by atoms with Gasteiger partial charge in [0.1, 0.15) is 18.3 Å². The number of benzene rings is 4. The highest BCUT2D eigenvalue weighted by atomic mass is 16.6. The molecule has 0 aliphatic carbocycles. The normalized spacial score (nSPS) is 16.0. The van der Waals surface area contributed by atoms with E-state index in [1.165, 1.54) is 0 Å². The number of rotatable bonds is 17. The minimum atomic E-state index is -1.13. The molecule has 8 nitrogen and oxygen atoms in total. The van der Waals surface area contributed by atoms with Gasteiger partial charge >= 0.3 is 0 Å². The number of aliphatic hydroxyl groups excluding tert-OH is 1. The Morgan fingerprint density at radius 1 is 0.609 bits per heavy atom. The van der Waals surface area contributed by atoms with Gasteiger partial charge in [-0.15, -0.1) is 0 Å². The van der Waals surface area contributed by atoms with Crippen molar-refractivity contribution >= 4 is 5.91 Å². The van der Waals surface area contributed by atoms with E-state index < -0.39 is 24.4 Å². The molecule has 1 fully saturated rings. The molecule has 46 heavy (non-hydrogen) atoms. The number of hydrogen-bond donors (Lipinski definition) is 1. The van der Waals surface area contributed by atoms with E-state index in [-0.39, 0.29) is 32.3 Å². The first kappa shape index (κ1) is 33.5. The largest absolute Gasteiger partial charge is 0.388 e. The fourth-order valence-electron chi connectivity index (χ4n) is 5.31. The Labute approximate surface area is 271 Å². The maximum absolute atomic E-state index is 14.3. The summed E-state index contributed by atoms with van der Waals surface area (Å²) in [6.45, 7) is 2.61. The third-order valence-electron chi connectivity index (χ3n) is 7.81. The molecule has 1 aliphatic rings. The maximum atomic E-state index is 14.3. The molecule has 0 unspecified atom stereocenters. The van der Waals surface area contributed by atoms with E-state index >= 15 is 0 Å². The van der Waals surface area contributed by atoms with Gasteiger partial charge in [-0.3, -0.25) is 4.79 Å². The van der Waals surface area contributed by atoms with Crippen molar-refractivity contribution in [3.05, 3.63) is 144 Å². The second-order valence-corrected chi connectivity index (χ2v) is 11.2. The standard InChI is InChI=1S/C38H43NO7/c40-34(29-43-25-30-13-5-1-6-14-30)35(44-26-31-15-7-2-8-16-31)36(45-27-32-17-9-3-10-18-32)37(38(41)39-21-23-42-24-22-39)46-28-33-19-11-4-12-20-33/h1-20,34-37,40H,21-29H2/t34-,35-,36+,37-/m1/s1. The van der Waals surface area contributed by atoms with E-state index in [4.69, 9.17) is 23.7 Å². The number of amides is 1. The van der Waals surface area contributed by atoms with Gasteiger partial charge in [-0.05, 0) is 22.3 Å². The molecular weight excluding hydrogens is 582 g/mol. The summed E-state index contributed by atoms with van der Waals surface area (Å²) in [6, 6.07) is 38.9. The number of carbonyl (C=O) groups excluding carboxylic acids is 1. The first-order valence-electron chi connectivity index (χ1n) is 15.8. The fraction of sp³-hybridized carbons (Fsp3) is 0.342. The van der Waals surface area contributed by atoms with Crippen LogP contribution in [0.4, 0.5) is 0 Å². The maximum Gasteiger partial charge on any atom is 0.254 e. The Kier molecular flexibility index (Phi) is 13.3. The summed E-state index contributed by atoms with van der Waals surface area (Å²) in [5.41, 5.74) is 3.75. The molecule has 4 atom stereocenters. The second-order valence-electron chi connectivity index (χ2n) is 11.2. The molecule has 1 amide bonds. The van der Waals surface area contributed by atoms with E-state index in [0.717, 1.165) is 22.3 Å². The van der Waals surface area contributed by atoms with Crippen molar-refractivity contribution in [1.82, 2.24) is 4.90 Å². The van der Waals surface area contributed by atoms with Crippen LogP contribution in [0.3, 0.4) is 0 Å². The molecular formula is C38H43NO7. The van der Waals surface area contributed by atoms with E-state index in [1.54, 1.807) is 4.90 Å². The number of hydrogen-bond acceptors (Lipinski definition) is 7. The molecule has 1 saturated heterocycles. The molecule has 4 aromatic rings. The second kappa shape index (κ2) is 18.3. The third kappa shape index (κ3) is 10.3. The van der Waals surface area contributed by atoms with Crippen molar-refractivity contribution in [2.24, 2.45) is 0 Å². The smallest absolute Gasteiger partial charge is 0.254 e. The van der Waals surface area contributed by atoms with Crippen LogP contribution in [0.25, 0.3) is 0 Å². The van der Waals surface area contributed by atoms with Crippen LogP contribution in [0, 0.1) is 0 Å². The molecule has 0 saturated carbocycles. The first-order chi connectivity index (χ1) is 22.7. The van der Waals surface area contributed by atoms with Gasteiger partial charge in [0.2, 0.25) is 0 Å². The Hall–Kier alpha value is -3.89. The number of carbonyl (C=O) groups is 1. The predicted octanol–water partition coefficient (Wildman–Crippen LogP) is 5.18. The zero-order valence-corrected chi connectivity index (χ0v) is 26.1. The zero-order valence-electron chi connectivity index (χ0n) is 26.1. The van der Waals surface area contributed by atoms with Crippen LogP contribution in [0.15, 0.2) is 121 Å². The highest BCUT2D eigenvalue weighted by Gasteiger charge is 2.42. The Balaban J connectivity index is 1.44. The van der Waals surface area contributed by atoms with E-state index in [2.05, 4.69) is 0 Å². The van der Waals surface area contributed by atoms with Crippen LogP contribution in [-0.4, -0.2) is 73.2 Å². The van der Waals surface area contributed by atoms with Gasteiger partial charge in [-0.25, -0.2) is 0 Å². The van der Waals surface area contributed by atoms with Crippen molar-refractivity contribution in [3.8, 4) is 0 Å². The molecule has 242 valence electrons. The van der Waals surface area contributed by atoms with Gasteiger partial charge in [0, 0.05) is 13.1 Å². The molecule has 0 radical (unpaired) electrons. The van der Waals surface area contributed by atoms with Gasteiger partial charge in [0.05, 0.1) is 46.2 Å². The summed E-state index contributed by atoms with van der Waals surface area (Å²) in [6.07, 6.45) is -4.15. The topological polar surface area (TPSA) is 86.7 Å². The lowest BCUT2D eigenvalue weighted by Crippen LogP contribution is -2.57. The number of morpholine rings is 1. The molecule has 8 heteroatoms. The van der Waals surface area contributed by atoms with Crippen molar-refractivity contribution in [2.75, 3.05) is 32.9 Å². The summed E-state index contributed by atoms with van der Waals surface area (Å²) in [5, 5.41) is 11.7. The van der Waals surface area contributed by atoms with Gasteiger partial charge < -0.3 is 33.7 Å². The Morgan fingerprint density at radius 2 is 1.02 bits per heavy atom. The molecule has 1 N–H and O–H groups in total. The third-order valence-corrected chi connectivity index (χ3v) is 7.81. The number of ether oxygens (including phenoxy) is 5. The molecule has 4 aromatic carbocycles. The van der Waals surface area contributed by atoms with Crippen LogP contribution in [-0.2, 0) is 54.9 Å². The lowest BCUT2D eigenvalue weighted by molar-refractivity contribution is -0.197. The molecule has 1 aliphatic heterocycles. The van der Waals surface area contributed by atoms with E-state index in [9.17, 15) is 9.90 Å². The van der Waals surface area contributed by atoms with E-state index in [0.29, 0.717) is 32.9 Å². The molecule has 0 bridgehead atoms. The van der Waals surface area contributed by atoms with Crippen LogP contribution in [0.2, 0.25) is 0 Å². The fourth-order valence-corrected chi connectivity index (χ4v) is 5.31. The quantitative estimate of drug-likeness (QED) is 0.173. The van der Waals surface area contributed by atoms with Gasteiger partial charge in [-0.2, -0.15) is 0 Å². The summed E-state index contributed by atoms with van der Waals surface area (Å²) in [4.78, 5) is 16.0. The summed E-state index contributed by atoms with van der Waals surface area (Å²) in [5.74, 6) is -0.233.